The molecule has 0 bridgehead atoms. The van der Waals surface area contributed by atoms with E-state index in [1.165, 1.54) is 60.2 Å². The van der Waals surface area contributed by atoms with Crippen LogP contribution in [0.5, 0.6) is 0 Å². The summed E-state index contributed by atoms with van der Waals surface area (Å²) in [4.78, 5) is 0. The first-order valence-electron chi connectivity index (χ1n) is 11.5. The Morgan fingerprint density at radius 2 is 1.00 bits per heavy atom. The van der Waals surface area contributed by atoms with Crippen molar-refractivity contribution in [1.29, 1.82) is 0 Å². The van der Waals surface area contributed by atoms with Gasteiger partial charge in [0, 0.05) is 16.5 Å². The molecule has 33 heavy (non-hydrogen) atoms. The van der Waals surface area contributed by atoms with Crippen molar-refractivity contribution < 1.29 is 0 Å². The Labute approximate surface area is 193 Å². The fourth-order valence-corrected chi connectivity index (χ4v) is 5.14. The largest absolute Gasteiger partial charge is 0.313 e. The van der Waals surface area contributed by atoms with Crippen molar-refractivity contribution in [2.45, 2.75) is 13.8 Å². The number of benzene rings is 5. The van der Waals surface area contributed by atoms with E-state index in [0.717, 1.165) is 0 Å². The summed E-state index contributed by atoms with van der Waals surface area (Å²) in [5.74, 6) is 0. The normalized spacial score (nSPS) is 12.9. The van der Waals surface area contributed by atoms with Crippen LogP contribution in [-0.4, -0.2) is 4.57 Å². The van der Waals surface area contributed by atoms with Gasteiger partial charge in [-0.25, -0.2) is 0 Å². The number of nitrogens with zero attached hydrogens (tertiary/aromatic N) is 1. The molecule has 0 aliphatic carbocycles. The lowest BCUT2D eigenvalue weighted by atomic mass is 9.92. The van der Waals surface area contributed by atoms with Gasteiger partial charge < -0.3 is 4.57 Å². The lowest BCUT2D eigenvalue weighted by molar-refractivity contribution is 1.20. The van der Waals surface area contributed by atoms with Gasteiger partial charge in [0.05, 0.1) is 11.0 Å². The molecule has 1 aromatic heterocycles. The molecule has 6 aromatic rings. The van der Waals surface area contributed by atoms with Gasteiger partial charge in [0.15, 0.2) is 0 Å². The van der Waals surface area contributed by atoms with E-state index in [1.54, 1.807) is 0 Å². The Morgan fingerprint density at radius 3 is 1.55 bits per heavy atom. The molecule has 0 saturated heterocycles. The molecule has 1 heteroatoms. The number of hydrogen-bond donors (Lipinski definition) is 0. The Hall–Kier alpha value is -4.10. The lowest BCUT2D eigenvalue weighted by Gasteiger charge is -2.12. The molecule has 0 radical (unpaired) electrons. The standard InChI is InChI=1S/C32H25N/c1-22(32-26-13-5-3-11-24(26)21-25-12-4-6-14-27(25)32)19-20-23(2)33-30-17-9-7-15-28(30)29-16-8-10-18-31(29)33/h3-21H,1-2H3/b22-19+,23-20+. The van der Waals surface area contributed by atoms with Crippen molar-refractivity contribution in [1.82, 2.24) is 4.57 Å². The molecule has 0 saturated carbocycles. The maximum absolute atomic E-state index is 2.37. The summed E-state index contributed by atoms with van der Waals surface area (Å²) in [6.07, 6.45) is 4.53. The van der Waals surface area contributed by atoms with E-state index in [0.29, 0.717) is 0 Å². The Balaban J connectivity index is 1.55. The highest BCUT2D eigenvalue weighted by molar-refractivity contribution is 6.11. The number of para-hydroxylation sites is 2. The van der Waals surface area contributed by atoms with Gasteiger partial charge in [0.25, 0.3) is 0 Å². The summed E-state index contributed by atoms with van der Waals surface area (Å²) in [7, 11) is 0. The zero-order chi connectivity index (χ0) is 22.4. The highest BCUT2D eigenvalue weighted by atomic mass is 15.0. The van der Waals surface area contributed by atoms with Crippen LogP contribution in [0.15, 0.2) is 115 Å². The third-order valence-corrected chi connectivity index (χ3v) is 6.67. The predicted molar refractivity (Wildman–Crippen MR) is 144 cm³/mol. The SMILES string of the molecule is C/C(=C\C=C(/C)n1c2ccccc2c2ccccc21)c1c2ccccc2cc2ccccc12. The molecule has 0 N–H and O–H groups in total. The van der Waals surface area contributed by atoms with E-state index in [4.69, 9.17) is 0 Å². The molecule has 0 spiro atoms. The van der Waals surface area contributed by atoms with Gasteiger partial charge in [0.1, 0.15) is 0 Å². The van der Waals surface area contributed by atoms with Crippen LogP contribution in [-0.2, 0) is 0 Å². The second-order valence-electron chi connectivity index (χ2n) is 8.72. The second-order valence-corrected chi connectivity index (χ2v) is 8.72. The van der Waals surface area contributed by atoms with E-state index in [2.05, 4.69) is 134 Å². The first-order chi connectivity index (χ1) is 16.2. The van der Waals surface area contributed by atoms with Crippen molar-refractivity contribution in [3.8, 4) is 0 Å². The van der Waals surface area contributed by atoms with Gasteiger partial charge in [-0.15, -0.1) is 0 Å². The van der Waals surface area contributed by atoms with Crippen LogP contribution in [0.4, 0.5) is 0 Å². The second kappa shape index (κ2) is 7.79. The summed E-state index contributed by atoms with van der Waals surface area (Å²) in [5, 5.41) is 7.74. The van der Waals surface area contributed by atoms with Crippen LogP contribution < -0.4 is 0 Å². The topological polar surface area (TPSA) is 4.93 Å². The smallest absolute Gasteiger partial charge is 0.0537 e. The summed E-state index contributed by atoms with van der Waals surface area (Å²) in [5.41, 5.74) is 6.28. The summed E-state index contributed by atoms with van der Waals surface area (Å²) in [6, 6.07) is 37.0. The molecule has 0 amide bonds. The van der Waals surface area contributed by atoms with Gasteiger partial charge in [-0.1, -0.05) is 91.0 Å². The summed E-state index contributed by atoms with van der Waals surface area (Å²) < 4.78 is 2.37. The van der Waals surface area contributed by atoms with E-state index in [-0.39, 0.29) is 0 Å². The monoisotopic (exact) mass is 423 g/mol. The van der Waals surface area contributed by atoms with Crippen molar-refractivity contribution >= 4 is 54.6 Å². The van der Waals surface area contributed by atoms with E-state index < -0.39 is 0 Å². The van der Waals surface area contributed by atoms with Gasteiger partial charge in [-0.2, -0.15) is 0 Å². The average molecular weight is 424 g/mol. The molecule has 0 fully saturated rings. The first-order valence-corrected chi connectivity index (χ1v) is 11.5. The number of hydrogen-bond acceptors (Lipinski definition) is 0. The Morgan fingerprint density at radius 1 is 0.545 bits per heavy atom. The molecule has 0 aliphatic rings. The molecule has 0 aliphatic heterocycles. The predicted octanol–water partition coefficient (Wildman–Crippen LogP) is 9.07. The average Bonchev–Trinajstić information content (AvgIpc) is 3.20. The summed E-state index contributed by atoms with van der Waals surface area (Å²) >= 11 is 0. The number of aromatic nitrogens is 1. The maximum Gasteiger partial charge on any atom is 0.0537 e. The molecule has 5 aromatic carbocycles. The Kier molecular flexibility index (Phi) is 4.62. The number of fused-ring (bicyclic) bond motifs is 5. The first kappa shape index (κ1) is 19.6. The molecular formula is C32H25N. The minimum Gasteiger partial charge on any atom is -0.313 e. The minimum absolute atomic E-state index is 1.20. The van der Waals surface area contributed by atoms with Crippen molar-refractivity contribution in [3.63, 3.8) is 0 Å². The van der Waals surface area contributed by atoms with Crippen molar-refractivity contribution in [2.75, 3.05) is 0 Å². The van der Waals surface area contributed by atoms with Crippen molar-refractivity contribution in [2.24, 2.45) is 0 Å². The van der Waals surface area contributed by atoms with Crippen LogP contribution in [0.3, 0.4) is 0 Å². The molecule has 0 atom stereocenters. The van der Waals surface area contributed by atoms with Crippen LogP contribution in [0.2, 0.25) is 0 Å². The fourth-order valence-electron chi connectivity index (χ4n) is 5.14. The molecule has 158 valence electrons. The zero-order valence-corrected chi connectivity index (χ0v) is 18.9. The third kappa shape index (κ3) is 3.16. The summed E-state index contributed by atoms with van der Waals surface area (Å²) in [6.45, 7) is 4.42. The van der Waals surface area contributed by atoms with Crippen molar-refractivity contribution in [3.05, 3.63) is 121 Å². The van der Waals surface area contributed by atoms with Gasteiger partial charge >= 0.3 is 0 Å². The zero-order valence-electron chi connectivity index (χ0n) is 18.9. The third-order valence-electron chi connectivity index (χ3n) is 6.67. The number of allylic oxidation sites excluding steroid dienone is 4. The van der Waals surface area contributed by atoms with Crippen LogP contribution >= 0.6 is 0 Å². The highest BCUT2D eigenvalue weighted by Crippen LogP contribution is 2.34. The lowest BCUT2D eigenvalue weighted by Crippen LogP contribution is -1.93. The molecule has 1 heterocycles. The van der Waals surface area contributed by atoms with E-state index in [9.17, 15) is 0 Å². The molecule has 0 unspecified atom stereocenters. The maximum atomic E-state index is 2.37. The highest BCUT2D eigenvalue weighted by Gasteiger charge is 2.11. The number of rotatable bonds is 3. The molecular weight excluding hydrogens is 398 g/mol. The van der Waals surface area contributed by atoms with E-state index >= 15 is 0 Å². The minimum atomic E-state index is 1.20. The Bertz CT molecular complexity index is 1620. The van der Waals surface area contributed by atoms with Gasteiger partial charge in [-0.3, -0.25) is 0 Å². The quantitative estimate of drug-likeness (QED) is 0.198. The van der Waals surface area contributed by atoms with Gasteiger partial charge in [-0.05, 0) is 70.8 Å². The van der Waals surface area contributed by atoms with Gasteiger partial charge in [0.2, 0.25) is 0 Å². The van der Waals surface area contributed by atoms with E-state index in [1.807, 2.05) is 0 Å². The van der Waals surface area contributed by atoms with Crippen LogP contribution in [0.1, 0.15) is 19.4 Å². The molecule has 1 nitrogen and oxygen atoms in total. The van der Waals surface area contributed by atoms with Crippen LogP contribution in [0, 0.1) is 0 Å². The fraction of sp³-hybridized carbons (Fsp3) is 0.0625. The molecule has 6 rings (SSSR count). The van der Waals surface area contributed by atoms with Crippen LogP contribution in [0.25, 0.3) is 54.6 Å².